The van der Waals surface area contributed by atoms with E-state index in [0.29, 0.717) is 27.1 Å². The van der Waals surface area contributed by atoms with Gasteiger partial charge in [-0.25, -0.2) is 4.79 Å². The number of carbonyl (C=O) groups is 3. The normalized spacial score (nSPS) is 15.8. The Balaban J connectivity index is 1.77. The van der Waals surface area contributed by atoms with Crippen molar-refractivity contribution in [3.63, 3.8) is 0 Å². The lowest BCUT2D eigenvalue weighted by Crippen LogP contribution is -2.42. The number of amides is 2. The van der Waals surface area contributed by atoms with Gasteiger partial charge in [-0.3, -0.25) is 14.5 Å². The molecular formula is C22H19Cl2NO6S. The molecule has 0 aliphatic carbocycles. The van der Waals surface area contributed by atoms with Crippen LogP contribution >= 0.6 is 35.0 Å². The summed E-state index contributed by atoms with van der Waals surface area (Å²) in [7, 11) is 2.70. The van der Waals surface area contributed by atoms with Crippen molar-refractivity contribution in [2.75, 3.05) is 14.2 Å². The molecule has 1 aliphatic rings. The molecule has 32 heavy (non-hydrogen) atoms. The van der Waals surface area contributed by atoms with Crippen LogP contribution in [0, 0.1) is 0 Å². The van der Waals surface area contributed by atoms with Crippen molar-refractivity contribution in [3.8, 4) is 11.5 Å². The highest BCUT2D eigenvalue weighted by atomic mass is 35.5. The first-order valence-electron chi connectivity index (χ1n) is 9.34. The molecule has 0 unspecified atom stereocenters. The van der Waals surface area contributed by atoms with E-state index in [1.807, 2.05) is 0 Å². The van der Waals surface area contributed by atoms with Crippen LogP contribution in [-0.4, -0.2) is 42.3 Å². The van der Waals surface area contributed by atoms with Gasteiger partial charge in [-0.05, 0) is 60.2 Å². The highest BCUT2D eigenvalue weighted by Gasteiger charge is 2.41. The van der Waals surface area contributed by atoms with Crippen LogP contribution < -0.4 is 9.47 Å². The topological polar surface area (TPSA) is 82.1 Å². The average Bonchev–Trinajstić information content (AvgIpc) is 3.06. The van der Waals surface area contributed by atoms with Crippen molar-refractivity contribution in [1.82, 2.24) is 4.90 Å². The quantitative estimate of drug-likeness (QED) is 0.386. The number of nitrogens with zero attached hydrogens (tertiary/aromatic N) is 1. The Morgan fingerprint density at radius 1 is 1.09 bits per heavy atom. The van der Waals surface area contributed by atoms with E-state index in [0.717, 1.165) is 22.2 Å². The average molecular weight is 496 g/mol. The molecule has 7 nitrogen and oxygen atoms in total. The van der Waals surface area contributed by atoms with Gasteiger partial charge in [0.25, 0.3) is 11.1 Å². The molecule has 10 heteroatoms. The molecule has 0 N–H and O–H groups in total. The summed E-state index contributed by atoms with van der Waals surface area (Å²) < 4.78 is 15.9. The third-order valence-corrected chi connectivity index (χ3v) is 6.24. The van der Waals surface area contributed by atoms with E-state index < -0.39 is 23.2 Å². The second-order valence-corrected chi connectivity index (χ2v) is 8.51. The second-order valence-electron chi connectivity index (χ2n) is 6.70. The minimum atomic E-state index is -1.01. The van der Waals surface area contributed by atoms with Gasteiger partial charge in [0, 0.05) is 0 Å². The lowest BCUT2D eigenvalue weighted by molar-refractivity contribution is -0.148. The van der Waals surface area contributed by atoms with Crippen LogP contribution in [0.25, 0.3) is 6.08 Å². The highest BCUT2D eigenvalue weighted by Crippen LogP contribution is 2.36. The molecule has 1 saturated heterocycles. The van der Waals surface area contributed by atoms with Crippen LogP contribution in [0.2, 0.25) is 10.0 Å². The van der Waals surface area contributed by atoms with Gasteiger partial charge in [-0.2, -0.15) is 0 Å². The number of hydrogen-bond donors (Lipinski definition) is 0. The summed E-state index contributed by atoms with van der Waals surface area (Å²) >= 11 is 12.7. The monoisotopic (exact) mass is 495 g/mol. The second kappa shape index (κ2) is 10.3. The first-order chi connectivity index (χ1) is 15.2. The molecule has 2 aromatic rings. The van der Waals surface area contributed by atoms with Crippen LogP contribution in [0.4, 0.5) is 4.79 Å². The Bertz CT molecular complexity index is 1100. The molecule has 0 aromatic heterocycles. The molecule has 0 bridgehead atoms. The zero-order valence-electron chi connectivity index (χ0n) is 17.4. The maximum atomic E-state index is 12.6. The van der Waals surface area contributed by atoms with E-state index in [1.54, 1.807) is 42.5 Å². The van der Waals surface area contributed by atoms with E-state index >= 15 is 0 Å². The molecule has 1 heterocycles. The number of esters is 1. The molecule has 1 aliphatic heterocycles. The summed E-state index contributed by atoms with van der Waals surface area (Å²) in [5.74, 6) is -0.292. The largest absolute Gasteiger partial charge is 0.493 e. The molecule has 0 radical (unpaired) electrons. The van der Waals surface area contributed by atoms with E-state index in [2.05, 4.69) is 4.74 Å². The fourth-order valence-electron chi connectivity index (χ4n) is 2.92. The van der Waals surface area contributed by atoms with Gasteiger partial charge >= 0.3 is 5.97 Å². The van der Waals surface area contributed by atoms with Crippen molar-refractivity contribution in [2.24, 2.45) is 0 Å². The van der Waals surface area contributed by atoms with Crippen LogP contribution in [0.1, 0.15) is 18.1 Å². The molecule has 1 fully saturated rings. The summed E-state index contributed by atoms with van der Waals surface area (Å²) in [6.45, 7) is 1.69. The van der Waals surface area contributed by atoms with Gasteiger partial charge in [0.2, 0.25) is 0 Å². The van der Waals surface area contributed by atoms with Crippen LogP contribution in [0.15, 0.2) is 41.3 Å². The lowest BCUT2D eigenvalue weighted by atomic mass is 10.1. The lowest BCUT2D eigenvalue weighted by Gasteiger charge is -2.18. The van der Waals surface area contributed by atoms with Gasteiger partial charge in [-0.1, -0.05) is 35.3 Å². The summed E-state index contributed by atoms with van der Waals surface area (Å²) in [5, 5.41) is 0.362. The van der Waals surface area contributed by atoms with Gasteiger partial charge in [0.15, 0.2) is 11.5 Å². The van der Waals surface area contributed by atoms with E-state index in [1.165, 1.54) is 21.1 Å². The maximum Gasteiger partial charge on any atom is 0.328 e. The van der Waals surface area contributed by atoms with Gasteiger partial charge < -0.3 is 14.2 Å². The predicted molar refractivity (Wildman–Crippen MR) is 123 cm³/mol. The first-order valence-corrected chi connectivity index (χ1v) is 10.9. The molecule has 3 rings (SSSR count). The van der Waals surface area contributed by atoms with Gasteiger partial charge in [-0.15, -0.1) is 0 Å². The zero-order valence-corrected chi connectivity index (χ0v) is 19.7. The van der Waals surface area contributed by atoms with Crippen LogP contribution in [0.3, 0.4) is 0 Å². The van der Waals surface area contributed by atoms with E-state index in [9.17, 15) is 14.4 Å². The number of hydrogen-bond acceptors (Lipinski definition) is 7. The molecule has 0 spiro atoms. The maximum absolute atomic E-state index is 12.6. The number of benzene rings is 2. The molecule has 168 valence electrons. The van der Waals surface area contributed by atoms with Gasteiger partial charge in [0.05, 0.1) is 29.2 Å². The summed E-state index contributed by atoms with van der Waals surface area (Å²) in [6.07, 6.45) is 1.56. The Kier molecular flexibility index (Phi) is 7.71. The third-order valence-electron chi connectivity index (χ3n) is 4.62. The SMILES string of the molecule is COC(=O)[C@H](C)N1C(=O)S/C(=C/c2ccc(OCc3ccc(Cl)c(Cl)c3)c(OC)c2)C1=O. The molecule has 2 amide bonds. The first kappa shape index (κ1) is 24.0. The minimum Gasteiger partial charge on any atom is -0.493 e. The minimum absolute atomic E-state index is 0.192. The molecule has 2 aromatic carbocycles. The Hall–Kier alpha value is -2.68. The van der Waals surface area contributed by atoms with E-state index in [4.69, 9.17) is 32.7 Å². The zero-order chi connectivity index (χ0) is 23.4. The standard InChI is InChI=1S/C22H19Cl2NO6S/c1-12(21(27)30-3)25-20(26)19(32-22(25)28)10-13-5-7-17(18(9-13)29-2)31-11-14-4-6-15(23)16(24)8-14/h4-10,12H,11H2,1-3H3/b19-10+/t12-/m0/s1. The summed E-state index contributed by atoms with van der Waals surface area (Å²) in [5.41, 5.74) is 1.46. The molecule has 1 atom stereocenters. The summed E-state index contributed by atoms with van der Waals surface area (Å²) in [4.78, 5) is 37.7. The van der Waals surface area contributed by atoms with Crippen LogP contribution in [-0.2, 0) is 20.9 Å². The van der Waals surface area contributed by atoms with Crippen molar-refractivity contribution < 1.29 is 28.6 Å². The van der Waals surface area contributed by atoms with Crippen molar-refractivity contribution >= 4 is 58.2 Å². The van der Waals surface area contributed by atoms with Crippen molar-refractivity contribution in [1.29, 1.82) is 0 Å². The number of imide groups is 1. The Labute approximate surface area is 199 Å². The fourth-order valence-corrected chi connectivity index (χ4v) is 4.15. The van der Waals surface area contributed by atoms with Gasteiger partial charge in [0.1, 0.15) is 12.6 Å². The van der Waals surface area contributed by atoms with Crippen molar-refractivity contribution in [3.05, 3.63) is 62.5 Å². The number of carbonyl (C=O) groups excluding carboxylic acids is 3. The number of rotatable bonds is 7. The molecular weight excluding hydrogens is 477 g/mol. The third kappa shape index (κ3) is 5.20. The fraction of sp³-hybridized carbons (Fsp3) is 0.227. The Morgan fingerprint density at radius 2 is 1.84 bits per heavy atom. The Morgan fingerprint density at radius 3 is 2.50 bits per heavy atom. The van der Waals surface area contributed by atoms with Crippen molar-refractivity contribution in [2.45, 2.75) is 19.6 Å². The number of halogens is 2. The number of methoxy groups -OCH3 is 2. The predicted octanol–water partition coefficient (Wildman–Crippen LogP) is 5.18. The van der Waals surface area contributed by atoms with Crippen LogP contribution in [0.5, 0.6) is 11.5 Å². The highest BCUT2D eigenvalue weighted by molar-refractivity contribution is 8.18. The summed E-state index contributed by atoms with van der Waals surface area (Å²) in [6, 6.07) is 9.31. The number of thioether (sulfide) groups is 1. The molecule has 0 saturated carbocycles. The smallest absolute Gasteiger partial charge is 0.328 e. The van der Waals surface area contributed by atoms with E-state index in [-0.39, 0.29) is 11.5 Å². The number of ether oxygens (including phenoxy) is 3.